The molecule has 0 spiro atoms. The van der Waals surface area contributed by atoms with Crippen LogP contribution in [0.5, 0.6) is 0 Å². The molecule has 2 aromatic rings. The highest BCUT2D eigenvalue weighted by Gasteiger charge is 2.14. The van der Waals surface area contributed by atoms with E-state index in [4.69, 9.17) is 52.1 Å². The van der Waals surface area contributed by atoms with Gasteiger partial charge in [-0.1, -0.05) is 58.5 Å². The highest BCUT2D eigenvalue weighted by Crippen LogP contribution is 2.38. The molecule has 0 unspecified atom stereocenters. The molecule has 0 aliphatic rings. The van der Waals surface area contributed by atoms with Crippen LogP contribution < -0.4 is 5.73 Å². The number of rotatable bonds is 2. The largest absolute Gasteiger partial charge is 0.366 e. The molecule has 2 N–H and O–H groups in total. The molecule has 0 aromatic heterocycles. The summed E-state index contributed by atoms with van der Waals surface area (Å²) < 4.78 is 0. The molecule has 1 amide bonds. The van der Waals surface area contributed by atoms with Gasteiger partial charge in [0, 0.05) is 5.56 Å². The van der Waals surface area contributed by atoms with E-state index < -0.39 is 5.91 Å². The number of hydrogen-bond donors (Lipinski definition) is 1. The highest BCUT2D eigenvalue weighted by molar-refractivity contribution is 6.48. The predicted octanol–water partition coefficient (Wildman–Crippen LogP) is 5.07. The van der Waals surface area contributed by atoms with Crippen molar-refractivity contribution in [3.8, 4) is 11.1 Å². The van der Waals surface area contributed by atoms with Crippen LogP contribution in [0.15, 0.2) is 30.3 Å². The Morgan fingerprint density at radius 3 is 2.05 bits per heavy atom. The van der Waals surface area contributed by atoms with Crippen molar-refractivity contribution in [2.24, 2.45) is 5.73 Å². The quantitative estimate of drug-likeness (QED) is 0.766. The van der Waals surface area contributed by atoms with Crippen LogP contribution in [0.4, 0.5) is 0 Å². The minimum atomic E-state index is -0.599. The summed E-state index contributed by atoms with van der Waals surface area (Å²) in [5, 5.41) is 1.15. The number of primary amides is 1. The Morgan fingerprint density at radius 2 is 1.53 bits per heavy atom. The number of nitrogens with two attached hydrogens (primary N) is 1. The second-order valence-electron chi connectivity index (χ2n) is 3.79. The van der Waals surface area contributed by atoms with Gasteiger partial charge < -0.3 is 5.73 Å². The first kappa shape index (κ1) is 14.5. The topological polar surface area (TPSA) is 43.1 Å². The fraction of sp³-hybridized carbons (Fsp3) is 0. The summed E-state index contributed by atoms with van der Waals surface area (Å²) in [7, 11) is 0. The second kappa shape index (κ2) is 5.59. The monoisotopic (exact) mass is 333 g/mol. The van der Waals surface area contributed by atoms with Gasteiger partial charge in [-0.2, -0.15) is 0 Å². The van der Waals surface area contributed by atoms with E-state index in [9.17, 15) is 4.79 Å². The Bertz CT molecular complexity index is 647. The number of hydrogen-bond acceptors (Lipinski definition) is 1. The molecule has 0 aliphatic carbocycles. The lowest BCUT2D eigenvalue weighted by Crippen LogP contribution is -2.11. The normalized spacial score (nSPS) is 10.5. The third-order valence-corrected chi connectivity index (χ3v) is 4.16. The van der Waals surface area contributed by atoms with Crippen molar-refractivity contribution in [2.45, 2.75) is 0 Å². The number of carbonyl (C=O) groups is 1. The van der Waals surface area contributed by atoms with Gasteiger partial charge in [-0.15, -0.1) is 0 Å². The number of amides is 1. The maximum atomic E-state index is 11.3. The first-order valence-electron chi connectivity index (χ1n) is 5.15. The van der Waals surface area contributed by atoms with Crippen LogP contribution in [0.2, 0.25) is 20.1 Å². The molecular formula is C13H7Cl4NO. The van der Waals surface area contributed by atoms with Crippen LogP contribution in [-0.2, 0) is 0 Å². The van der Waals surface area contributed by atoms with Crippen molar-refractivity contribution < 1.29 is 4.79 Å². The van der Waals surface area contributed by atoms with Crippen molar-refractivity contribution in [3.05, 3.63) is 56.0 Å². The third kappa shape index (κ3) is 2.82. The van der Waals surface area contributed by atoms with E-state index in [0.717, 1.165) is 0 Å². The van der Waals surface area contributed by atoms with E-state index in [0.29, 0.717) is 21.2 Å². The molecule has 0 fully saturated rings. The number of benzene rings is 2. The second-order valence-corrected chi connectivity index (χ2v) is 5.36. The average molecular weight is 335 g/mol. The van der Waals surface area contributed by atoms with E-state index in [-0.39, 0.29) is 15.6 Å². The zero-order valence-electron chi connectivity index (χ0n) is 9.38. The van der Waals surface area contributed by atoms with Crippen molar-refractivity contribution in [2.75, 3.05) is 0 Å². The average Bonchev–Trinajstić information content (AvgIpc) is 2.35. The molecule has 2 rings (SSSR count). The minimum Gasteiger partial charge on any atom is -0.366 e. The van der Waals surface area contributed by atoms with E-state index in [1.54, 1.807) is 30.3 Å². The Kier molecular flexibility index (Phi) is 4.26. The summed E-state index contributed by atoms with van der Waals surface area (Å²) >= 11 is 24.0. The minimum absolute atomic E-state index is 0.237. The summed E-state index contributed by atoms with van der Waals surface area (Å²) in [6.45, 7) is 0. The molecule has 2 nitrogen and oxygen atoms in total. The van der Waals surface area contributed by atoms with Gasteiger partial charge in [-0.3, -0.25) is 4.79 Å². The molecule has 6 heteroatoms. The van der Waals surface area contributed by atoms with Gasteiger partial charge in [0.25, 0.3) is 0 Å². The molecule has 0 radical (unpaired) electrons. The van der Waals surface area contributed by atoms with Crippen molar-refractivity contribution in [3.63, 3.8) is 0 Å². The molecular weight excluding hydrogens is 328 g/mol. The van der Waals surface area contributed by atoms with Crippen LogP contribution in [0, 0.1) is 0 Å². The molecule has 2 aromatic carbocycles. The zero-order chi connectivity index (χ0) is 14.2. The van der Waals surface area contributed by atoms with Crippen LogP contribution in [0.25, 0.3) is 11.1 Å². The fourth-order valence-electron chi connectivity index (χ4n) is 1.66. The zero-order valence-corrected chi connectivity index (χ0v) is 12.4. The fourth-order valence-corrected chi connectivity index (χ4v) is 2.58. The summed E-state index contributed by atoms with van der Waals surface area (Å²) in [4.78, 5) is 11.3. The third-order valence-electron chi connectivity index (χ3n) is 2.56. The molecule has 0 bridgehead atoms. The molecule has 0 heterocycles. The summed E-state index contributed by atoms with van der Waals surface area (Å²) in [6.07, 6.45) is 0. The molecule has 0 saturated heterocycles. The highest BCUT2D eigenvalue weighted by atomic mass is 35.5. The van der Waals surface area contributed by atoms with E-state index >= 15 is 0 Å². The molecule has 0 aliphatic heterocycles. The first-order valence-corrected chi connectivity index (χ1v) is 6.66. The SMILES string of the molecule is NC(=O)c1cccc(-c2cc(Cl)c(Cl)c(Cl)c2)c1Cl. The standard InChI is InChI=1S/C13H7Cl4NO/c14-9-4-6(5-10(15)12(9)17)7-2-1-3-8(11(7)16)13(18)19/h1-5H,(H2,18,19). The Balaban J connectivity index is 2.66. The lowest BCUT2D eigenvalue weighted by atomic mass is 10.0. The Hall–Kier alpha value is -0.930. The predicted molar refractivity (Wildman–Crippen MR) is 80.4 cm³/mol. The van der Waals surface area contributed by atoms with Crippen molar-refractivity contribution >= 4 is 52.3 Å². The summed E-state index contributed by atoms with van der Waals surface area (Å²) in [6, 6.07) is 8.22. The van der Waals surface area contributed by atoms with Gasteiger partial charge in [-0.25, -0.2) is 0 Å². The lowest BCUT2D eigenvalue weighted by Gasteiger charge is -2.09. The van der Waals surface area contributed by atoms with Gasteiger partial charge in [0.15, 0.2) is 0 Å². The summed E-state index contributed by atoms with van der Waals surface area (Å²) in [5.41, 5.74) is 6.76. The number of halogens is 4. The van der Waals surface area contributed by atoms with Crippen molar-refractivity contribution in [1.82, 2.24) is 0 Å². The van der Waals surface area contributed by atoms with Gasteiger partial charge in [0.2, 0.25) is 5.91 Å². The Morgan fingerprint density at radius 1 is 0.947 bits per heavy atom. The first-order chi connectivity index (χ1) is 8.91. The van der Waals surface area contributed by atoms with Crippen LogP contribution in [0.3, 0.4) is 0 Å². The van der Waals surface area contributed by atoms with Gasteiger partial charge in [-0.05, 0) is 23.8 Å². The van der Waals surface area contributed by atoms with Gasteiger partial charge in [0.1, 0.15) is 0 Å². The summed E-state index contributed by atoms with van der Waals surface area (Å²) in [5.74, 6) is -0.599. The lowest BCUT2D eigenvalue weighted by molar-refractivity contribution is 0.100. The van der Waals surface area contributed by atoms with Crippen LogP contribution >= 0.6 is 46.4 Å². The molecule has 0 saturated carbocycles. The Labute approximate surface area is 130 Å². The van der Waals surface area contributed by atoms with E-state index in [1.165, 1.54) is 0 Å². The van der Waals surface area contributed by atoms with Gasteiger partial charge >= 0.3 is 0 Å². The van der Waals surface area contributed by atoms with Crippen molar-refractivity contribution in [1.29, 1.82) is 0 Å². The van der Waals surface area contributed by atoms with Gasteiger partial charge in [0.05, 0.1) is 25.7 Å². The molecule has 0 atom stereocenters. The van der Waals surface area contributed by atoms with Crippen LogP contribution in [0.1, 0.15) is 10.4 Å². The smallest absolute Gasteiger partial charge is 0.250 e. The van der Waals surface area contributed by atoms with E-state index in [2.05, 4.69) is 0 Å². The van der Waals surface area contributed by atoms with E-state index in [1.807, 2.05) is 0 Å². The molecule has 98 valence electrons. The van der Waals surface area contributed by atoms with Crippen LogP contribution in [-0.4, -0.2) is 5.91 Å². The maximum absolute atomic E-state index is 11.3. The number of carbonyl (C=O) groups excluding carboxylic acids is 1. The maximum Gasteiger partial charge on any atom is 0.250 e. The molecule has 19 heavy (non-hydrogen) atoms.